The van der Waals surface area contributed by atoms with Crippen LogP contribution in [0.5, 0.6) is 0 Å². The molecule has 1 aliphatic heterocycles. The number of thiophene rings is 1. The molecule has 0 unspecified atom stereocenters. The fourth-order valence-corrected chi connectivity index (χ4v) is 5.45. The Balaban J connectivity index is 1.52. The van der Waals surface area contributed by atoms with E-state index in [4.69, 9.17) is 4.99 Å². The molecule has 34 heavy (non-hydrogen) atoms. The quantitative estimate of drug-likeness (QED) is 0.443. The van der Waals surface area contributed by atoms with Crippen molar-refractivity contribution in [2.45, 2.75) is 46.6 Å². The molecular formula is C25H27N7OS. The van der Waals surface area contributed by atoms with E-state index < -0.39 is 6.04 Å². The van der Waals surface area contributed by atoms with Gasteiger partial charge in [0, 0.05) is 41.4 Å². The summed E-state index contributed by atoms with van der Waals surface area (Å²) in [7, 11) is 0. The number of hydrogen-bond acceptors (Lipinski definition) is 6. The number of rotatable bonds is 6. The summed E-state index contributed by atoms with van der Waals surface area (Å²) in [4.78, 5) is 26.6. The second-order valence-electron chi connectivity index (χ2n) is 8.60. The molecule has 8 nitrogen and oxygen atoms in total. The lowest BCUT2D eigenvalue weighted by atomic mass is 9.99. The van der Waals surface area contributed by atoms with Crippen molar-refractivity contribution < 1.29 is 4.79 Å². The van der Waals surface area contributed by atoms with Crippen LogP contribution in [0.25, 0.3) is 5.00 Å². The fourth-order valence-electron chi connectivity index (χ4n) is 4.24. The van der Waals surface area contributed by atoms with Crippen LogP contribution in [0.3, 0.4) is 0 Å². The van der Waals surface area contributed by atoms with Crippen LogP contribution in [0, 0.1) is 27.7 Å². The summed E-state index contributed by atoms with van der Waals surface area (Å²) in [5.41, 5.74) is 5.41. The SMILES string of the molecule is Cc1ccc(C2=N[C@@H](CC(=O)NCCc3ncc[nH]3)c3nnc(C)n3-c3sc(C)c(C)c32)cc1. The minimum Gasteiger partial charge on any atom is -0.356 e. The first kappa shape index (κ1) is 22.2. The summed E-state index contributed by atoms with van der Waals surface area (Å²) in [6.45, 7) is 8.79. The van der Waals surface area contributed by atoms with Gasteiger partial charge in [-0.1, -0.05) is 29.8 Å². The van der Waals surface area contributed by atoms with E-state index in [0.29, 0.717) is 18.8 Å². The summed E-state index contributed by atoms with van der Waals surface area (Å²) < 4.78 is 2.07. The maximum Gasteiger partial charge on any atom is 0.222 e. The highest BCUT2D eigenvalue weighted by Crippen LogP contribution is 2.39. The van der Waals surface area contributed by atoms with Gasteiger partial charge in [-0.15, -0.1) is 21.5 Å². The highest BCUT2D eigenvalue weighted by atomic mass is 32.1. The topological polar surface area (TPSA) is 101 Å². The Morgan fingerprint density at radius 3 is 2.68 bits per heavy atom. The fraction of sp³-hybridized carbons (Fsp3) is 0.320. The van der Waals surface area contributed by atoms with Gasteiger partial charge >= 0.3 is 0 Å². The lowest BCUT2D eigenvalue weighted by molar-refractivity contribution is -0.121. The first-order chi connectivity index (χ1) is 16.4. The molecule has 0 bridgehead atoms. The standard InChI is InChI=1S/C25H27N7OS/c1-14-5-7-18(8-6-14)23-22-15(2)16(3)34-25(22)32-17(4)30-31-24(32)19(29-23)13-21(33)28-10-9-20-26-11-12-27-20/h5-8,11-12,19H,9-10,13H2,1-4H3,(H,26,27)(H,28,33)/t19-/m0/s1. The van der Waals surface area contributed by atoms with Gasteiger partial charge in [-0.2, -0.15) is 0 Å². The van der Waals surface area contributed by atoms with Gasteiger partial charge in [-0.3, -0.25) is 14.4 Å². The zero-order valence-corrected chi connectivity index (χ0v) is 20.5. The molecule has 1 aliphatic rings. The number of amides is 1. The van der Waals surface area contributed by atoms with Gasteiger partial charge in [-0.05, 0) is 33.3 Å². The number of aryl methyl sites for hydroxylation is 3. The highest BCUT2D eigenvalue weighted by molar-refractivity contribution is 7.15. The third-order valence-corrected chi connectivity index (χ3v) is 7.37. The van der Waals surface area contributed by atoms with Crippen molar-refractivity contribution in [2.75, 3.05) is 6.54 Å². The molecule has 0 aliphatic carbocycles. The Kier molecular flexibility index (Phi) is 5.87. The second-order valence-corrected chi connectivity index (χ2v) is 9.81. The molecule has 9 heteroatoms. The highest BCUT2D eigenvalue weighted by Gasteiger charge is 2.32. The molecule has 2 N–H and O–H groups in total. The molecule has 1 amide bonds. The molecular weight excluding hydrogens is 446 g/mol. The minimum absolute atomic E-state index is 0.0751. The molecule has 0 saturated carbocycles. The molecule has 4 aromatic rings. The van der Waals surface area contributed by atoms with Crippen molar-refractivity contribution in [3.63, 3.8) is 0 Å². The van der Waals surface area contributed by atoms with Gasteiger partial charge in [0.1, 0.15) is 22.7 Å². The number of aliphatic imine (C=N–C) groups is 1. The van der Waals surface area contributed by atoms with Crippen LogP contribution in [0.1, 0.15) is 57.1 Å². The van der Waals surface area contributed by atoms with Crippen LogP contribution in [0.4, 0.5) is 0 Å². The normalized spacial score (nSPS) is 14.8. The number of aromatic nitrogens is 5. The van der Waals surface area contributed by atoms with Crippen molar-refractivity contribution in [1.29, 1.82) is 0 Å². The molecule has 1 aromatic carbocycles. The van der Waals surface area contributed by atoms with E-state index in [2.05, 4.69) is 75.1 Å². The Labute approximate surface area is 202 Å². The zero-order chi connectivity index (χ0) is 23.8. The van der Waals surface area contributed by atoms with Crippen LogP contribution < -0.4 is 5.32 Å². The molecule has 174 valence electrons. The minimum atomic E-state index is -0.444. The van der Waals surface area contributed by atoms with Crippen LogP contribution in [0.15, 0.2) is 41.7 Å². The monoisotopic (exact) mass is 473 g/mol. The van der Waals surface area contributed by atoms with Gasteiger partial charge in [0.15, 0.2) is 5.82 Å². The number of aromatic amines is 1. The van der Waals surface area contributed by atoms with E-state index in [0.717, 1.165) is 33.5 Å². The van der Waals surface area contributed by atoms with Gasteiger partial charge < -0.3 is 10.3 Å². The number of benzene rings is 1. The van der Waals surface area contributed by atoms with Crippen molar-refractivity contribution in [1.82, 2.24) is 30.0 Å². The van der Waals surface area contributed by atoms with E-state index in [1.54, 1.807) is 23.7 Å². The number of nitrogens with one attached hydrogen (secondary N) is 2. The maximum absolute atomic E-state index is 12.9. The third kappa shape index (κ3) is 4.07. The molecule has 5 rings (SSSR count). The van der Waals surface area contributed by atoms with E-state index in [-0.39, 0.29) is 12.3 Å². The van der Waals surface area contributed by atoms with Gasteiger partial charge in [0.25, 0.3) is 0 Å². The summed E-state index contributed by atoms with van der Waals surface area (Å²) in [5.74, 6) is 2.26. The molecule has 3 aromatic heterocycles. The van der Waals surface area contributed by atoms with E-state index in [9.17, 15) is 4.79 Å². The van der Waals surface area contributed by atoms with Crippen LogP contribution in [-0.4, -0.2) is 42.9 Å². The largest absolute Gasteiger partial charge is 0.356 e. The summed E-state index contributed by atoms with van der Waals surface area (Å²) >= 11 is 1.72. The van der Waals surface area contributed by atoms with Crippen molar-refractivity contribution in [3.05, 3.63) is 81.3 Å². The predicted octanol–water partition coefficient (Wildman–Crippen LogP) is 3.93. The van der Waals surface area contributed by atoms with Crippen molar-refractivity contribution in [3.8, 4) is 5.00 Å². The number of carbonyl (C=O) groups is 1. The molecule has 0 saturated heterocycles. The number of imidazole rings is 1. The number of nitrogens with zero attached hydrogens (tertiary/aromatic N) is 5. The second kappa shape index (κ2) is 8.98. The van der Waals surface area contributed by atoms with Gasteiger partial charge in [0.05, 0.1) is 12.1 Å². The predicted molar refractivity (Wildman–Crippen MR) is 133 cm³/mol. The number of carbonyl (C=O) groups excluding carboxylic acids is 1. The Morgan fingerprint density at radius 2 is 1.94 bits per heavy atom. The van der Waals surface area contributed by atoms with Crippen molar-refractivity contribution >= 4 is 23.0 Å². The molecule has 0 radical (unpaired) electrons. The average molecular weight is 474 g/mol. The van der Waals surface area contributed by atoms with Crippen LogP contribution in [-0.2, 0) is 11.2 Å². The lowest BCUT2D eigenvalue weighted by Crippen LogP contribution is -2.27. The van der Waals surface area contributed by atoms with Crippen LogP contribution >= 0.6 is 11.3 Å². The molecule has 4 heterocycles. The lowest BCUT2D eigenvalue weighted by Gasteiger charge is -2.13. The van der Waals surface area contributed by atoms with E-state index in [1.807, 2.05) is 6.92 Å². The van der Waals surface area contributed by atoms with E-state index >= 15 is 0 Å². The Hall–Kier alpha value is -3.59. The summed E-state index contributed by atoms with van der Waals surface area (Å²) in [6, 6.07) is 7.95. The smallest absolute Gasteiger partial charge is 0.222 e. The number of H-pyrrole nitrogens is 1. The molecule has 0 fully saturated rings. The van der Waals surface area contributed by atoms with E-state index in [1.165, 1.54) is 16.0 Å². The zero-order valence-electron chi connectivity index (χ0n) is 19.7. The number of fused-ring (bicyclic) bond motifs is 3. The average Bonchev–Trinajstić information content (AvgIpc) is 3.51. The first-order valence-corrected chi connectivity index (χ1v) is 12.2. The van der Waals surface area contributed by atoms with Crippen LogP contribution in [0.2, 0.25) is 0 Å². The Morgan fingerprint density at radius 1 is 1.15 bits per heavy atom. The summed E-state index contributed by atoms with van der Waals surface area (Å²) in [6.07, 6.45) is 4.33. The molecule has 0 spiro atoms. The van der Waals surface area contributed by atoms with Crippen molar-refractivity contribution in [2.24, 2.45) is 4.99 Å². The Bertz CT molecular complexity index is 1360. The van der Waals surface area contributed by atoms with Gasteiger partial charge in [-0.25, -0.2) is 4.98 Å². The number of hydrogen-bond donors (Lipinski definition) is 2. The maximum atomic E-state index is 12.9. The third-order valence-electron chi connectivity index (χ3n) is 6.18. The summed E-state index contributed by atoms with van der Waals surface area (Å²) in [5, 5.41) is 12.9. The van der Waals surface area contributed by atoms with Gasteiger partial charge in [0.2, 0.25) is 5.91 Å². The molecule has 1 atom stereocenters. The first-order valence-electron chi connectivity index (χ1n) is 11.3.